The molecule has 5 heteroatoms. The summed E-state index contributed by atoms with van der Waals surface area (Å²) in [6.45, 7) is 1.80. The van der Waals surface area contributed by atoms with Crippen LogP contribution in [-0.2, 0) is 0 Å². The summed E-state index contributed by atoms with van der Waals surface area (Å²) >= 11 is 0. The van der Waals surface area contributed by atoms with Gasteiger partial charge in [-0.3, -0.25) is 0 Å². The van der Waals surface area contributed by atoms with E-state index in [1.165, 1.54) is 12.1 Å². The van der Waals surface area contributed by atoms with E-state index in [1.54, 1.807) is 18.9 Å². The fourth-order valence-electron chi connectivity index (χ4n) is 1.49. The van der Waals surface area contributed by atoms with Crippen molar-refractivity contribution in [1.29, 1.82) is 5.26 Å². The minimum atomic E-state index is -1.18. The van der Waals surface area contributed by atoms with Crippen molar-refractivity contribution in [3.05, 3.63) is 29.6 Å². The Labute approximate surface area is 98.9 Å². The van der Waals surface area contributed by atoms with Crippen molar-refractivity contribution in [2.45, 2.75) is 19.4 Å². The van der Waals surface area contributed by atoms with E-state index in [-0.39, 0.29) is 18.0 Å². The van der Waals surface area contributed by atoms with Gasteiger partial charge < -0.3 is 10.0 Å². The second-order valence-electron chi connectivity index (χ2n) is 3.79. The number of halogens is 1. The average molecular weight is 236 g/mol. The smallest absolute Gasteiger partial charge is 0.337 e. The predicted molar refractivity (Wildman–Crippen MR) is 61.5 cm³/mol. The predicted octanol–water partition coefficient (Wildman–Crippen LogP) is 2.26. The van der Waals surface area contributed by atoms with E-state index < -0.39 is 11.8 Å². The maximum atomic E-state index is 13.0. The minimum Gasteiger partial charge on any atom is -0.478 e. The molecule has 1 aromatic rings. The number of carboxylic acids is 1. The summed E-state index contributed by atoms with van der Waals surface area (Å²) < 4.78 is 13.0. The third-order valence-electron chi connectivity index (χ3n) is 2.62. The molecule has 0 radical (unpaired) electrons. The first-order valence-electron chi connectivity index (χ1n) is 5.10. The van der Waals surface area contributed by atoms with Gasteiger partial charge in [0, 0.05) is 13.1 Å². The minimum absolute atomic E-state index is 0.0997. The highest BCUT2D eigenvalue weighted by atomic mass is 19.1. The normalized spacial score (nSPS) is 11.6. The van der Waals surface area contributed by atoms with E-state index in [2.05, 4.69) is 0 Å². The van der Waals surface area contributed by atoms with Crippen LogP contribution in [0.3, 0.4) is 0 Å². The topological polar surface area (TPSA) is 64.3 Å². The lowest BCUT2D eigenvalue weighted by Crippen LogP contribution is -2.29. The van der Waals surface area contributed by atoms with Gasteiger partial charge in [-0.05, 0) is 25.1 Å². The molecular formula is C12H13FN2O2. The van der Waals surface area contributed by atoms with Gasteiger partial charge in [0.1, 0.15) is 5.82 Å². The van der Waals surface area contributed by atoms with E-state index >= 15 is 0 Å². The second-order valence-corrected chi connectivity index (χ2v) is 3.79. The molecular weight excluding hydrogens is 223 g/mol. The molecule has 0 fully saturated rings. The molecule has 0 aliphatic carbocycles. The van der Waals surface area contributed by atoms with Gasteiger partial charge in [0.25, 0.3) is 0 Å². The Morgan fingerprint density at radius 2 is 2.29 bits per heavy atom. The Morgan fingerprint density at radius 1 is 1.65 bits per heavy atom. The molecule has 0 amide bonds. The summed E-state index contributed by atoms with van der Waals surface area (Å²) in [6.07, 6.45) is 0.271. The number of nitriles is 1. The van der Waals surface area contributed by atoms with E-state index in [4.69, 9.17) is 10.4 Å². The van der Waals surface area contributed by atoms with Crippen LogP contribution in [-0.4, -0.2) is 24.2 Å². The van der Waals surface area contributed by atoms with Gasteiger partial charge in [0.2, 0.25) is 0 Å². The Bertz CT molecular complexity index is 468. The molecule has 1 rings (SSSR count). The number of hydrogen-bond donors (Lipinski definition) is 1. The largest absolute Gasteiger partial charge is 0.478 e. The third kappa shape index (κ3) is 2.94. The van der Waals surface area contributed by atoms with Gasteiger partial charge in [0.05, 0.1) is 23.7 Å². The molecule has 0 saturated heterocycles. The number of hydrogen-bond acceptors (Lipinski definition) is 3. The molecule has 17 heavy (non-hydrogen) atoms. The fourth-order valence-corrected chi connectivity index (χ4v) is 1.49. The maximum absolute atomic E-state index is 13.0. The van der Waals surface area contributed by atoms with Crippen molar-refractivity contribution < 1.29 is 14.3 Å². The Balaban J connectivity index is 3.13. The second kappa shape index (κ2) is 5.30. The maximum Gasteiger partial charge on any atom is 0.337 e. The quantitative estimate of drug-likeness (QED) is 0.870. The lowest BCUT2D eigenvalue weighted by molar-refractivity contribution is 0.0697. The summed E-state index contributed by atoms with van der Waals surface area (Å²) in [5.41, 5.74) is 0.305. The van der Waals surface area contributed by atoms with Crippen molar-refractivity contribution >= 4 is 11.7 Å². The summed E-state index contributed by atoms with van der Waals surface area (Å²) in [5, 5.41) is 17.6. The lowest BCUT2D eigenvalue weighted by atomic mass is 10.1. The molecule has 0 aliphatic heterocycles. The van der Waals surface area contributed by atoms with Crippen LogP contribution in [0.4, 0.5) is 10.1 Å². The van der Waals surface area contributed by atoms with Gasteiger partial charge >= 0.3 is 5.97 Å². The molecule has 0 spiro atoms. The summed E-state index contributed by atoms with van der Waals surface area (Å²) in [6, 6.07) is 5.47. The first-order chi connectivity index (χ1) is 7.97. The van der Waals surface area contributed by atoms with Crippen LogP contribution in [0.15, 0.2) is 18.2 Å². The van der Waals surface area contributed by atoms with Crippen LogP contribution in [0, 0.1) is 17.1 Å². The van der Waals surface area contributed by atoms with Gasteiger partial charge in [-0.25, -0.2) is 9.18 Å². The van der Waals surface area contributed by atoms with E-state index in [0.29, 0.717) is 5.69 Å². The summed E-state index contributed by atoms with van der Waals surface area (Å²) in [7, 11) is 1.68. The average Bonchev–Trinajstić information content (AvgIpc) is 2.28. The van der Waals surface area contributed by atoms with Crippen molar-refractivity contribution in [3.8, 4) is 6.07 Å². The zero-order valence-corrected chi connectivity index (χ0v) is 9.64. The SMILES string of the molecule is CC(CC#N)N(C)c1ccc(F)cc1C(=O)O. The van der Waals surface area contributed by atoms with E-state index in [1.807, 2.05) is 6.07 Å². The number of anilines is 1. The highest BCUT2D eigenvalue weighted by molar-refractivity contribution is 5.94. The number of benzene rings is 1. The van der Waals surface area contributed by atoms with Crippen molar-refractivity contribution in [1.82, 2.24) is 0 Å². The van der Waals surface area contributed by atoms with Crippen LogP contribution in [0.1, 0.15) is 23.7 Å². The number of nitrogens with zero attached hydrogens (tertiary/aromatic N) is 2. The molecule has 90 valence electrons. The van der Waals surface area contributed by atoms with Crippen molar-refractivity contribution in [2.24, 2.45) is 0 Å². The molecule has 0 bridgehead atoms. The Hall–Kier alpha value is -2.09. The summed E-state index contributed by atoms with van der Waals surface area (Å²) in [5.74, 6) is -1.78. The van der Waals surface area contributed by atoms with E-state index in [0.717, 1.165) is 6.07 Å². The third-order valence-corrected chi connectivity index (χ3v) is 2.62. The highest BCUT2D eigenvalue weighted by Crippen LogP contribution is 2.23. The molecule has 1 unspecified atom stereocenters. The van der Waals surface area contributed by atoms with Crippen LogP contribution in [0.2, 0.25) is 0 Å². The monoisotopic (exact) mass is 236 g/mol. The standard InChI is InChI=1S/C12H13FN2O2/c1-8(5-6-14)15(2)11-4-3-9(13)7-10(11)12(16)17/h3-4,7-8H,5H2,1-2H3,(H,16,17). The van der Waals surface area contributed by atoms with Gasteiger partial charge in [0.15, 0.2) is 0 Å². The lowest BCUT2D eigenvalue weighted by Gasteiger charge is -2.26. The van der Waals surface area contributed by atoms with E-state index in [9.17, 15) is 9.18 Å². The molecule has 0 aromatic heterocycles. The van der Waals surface area contributed by atoms with Crippen molar-refractivity contribution in [3.63, 3.8) is 0 Å². The molecule has 0 aliphatic rings. The number of carboxylic acid groups (broad SMARTS) is 1. The first kappa shape index (κ1) is 13.0. The number of rotatable bonds is 4. The summed E-state index contributed by atoms with van der Waals surface area (Å²) in [4.78, 5) is 12.7. The van der Waals surface area contributed by atoms with Gasteiger partial charge in [-0.2, -0.15) is 5.26 Å². The first-order valence-corrected chi connectivity index (χ1v) is 5.10. The molecule has 0 heterocycles. The zero-order chi connectivity index (χ0) is 13.0. The highest BCUT2D eigenvalue weighted by Gasteiger charge is 2.17. The zero-order valence-electron chi connectivity index (χ0n) is 9.64. The van der Waals surface area contributed by atoms with Gasteiger partial charge in [-0.15, -0.1) is 0 Å². The fraction of sp³-hybridized carbons (Fsp3) is 0.333. The Kier molecular flexibility index (Phi) is 4.05. The van der Waals surface area contributed by atoms with Crippen LogP contribution in [0.5, 0.6) is 0 Å². The molecule has 4 nitrogen and oxygen atoms in total. The van der Waals surface area contributed by atoms with Crippen LogP contribution >= 0.6 is 0 Å². The molecule has 1 aromatic carbocycles. The number of aromatic carboxylic acids is 1. The van der Waals surface area contributed by atoms with Gasteiger partial charge in [-0.1, -0.05) is 0 Å². The van der Waals surface area contributed by atoms with Crippen molar-refractivity contribution in [2.75, 3.05) is 11.9 Å². The van der Waals surface area contributed by atoms with Crippen LogP contribution < -0.4 is 4.90 Å². The molecule has 1 N–H and O–H groups in total. The molecule has 0 saturated carbocycles. The van der Waals surface area contributed by atoms with Crippen LogP contribution in [0.25, 0.3) is 0 Å². The Morgan fingerprint density at radius 3 is 2.82 bits per heavy atom. The number of carbonyl (C=O) groups is 1. The molecule has 1 atom stereocenters.